The lowest BCUT2D eigenvalue weighted by atomic mass is 10.0. The van der Waals surface area contributed by atoms with Crippen LogP contribution in [0.25, 0.3) is 0 Å². The summed E-state index contributed by atoms with van der Waals surface area (Å²) in [7, 11) is 0. The zero-order chi connectivity index (χ0) is 15.6. The van der Waals surface area contributed by atoms with E-state index in [4.69, 9.17) is 4.74 Å². The Morgan fingerprint density at radius 1 is 1.05 bits per heavy atom. The van der Waals surface area contributed by atoms with E-state index in [1.54, 1.807) is 9.80 Å². The molecule has 0 radical (unpaired) electrons. The smallest absolute Gasteiger partial charge is 0.410 e. The van der Waals surface area contributed by atoms with Gasteiger partial charge in [0.2, 0.25) is 5.91 Å². The molecule has 5 nitrogen and oxygen atoms in total. The monoisotopic (exact) mass is 300 g/mol. The summed E-state index contributed by atoms with van der Waals surface area (Å²) in [5.74, 6) is -0.123. The number of amides is 2. The van der Waals surface area contributed by atoms with Gasteiger partial charge in [-0.15, -0.1) is 0 Å². The zero-order valence-corrected chi connectivity index (χ0v) is 13.1. The quantitative estimate of drug-likeness (QED) is 0.746. The van der Waals surface area contributed by atoms with Crippen molar-refractivity contribution in [3.63, 3.8) is 0 Å². The van der Waals surface area contributed by atoms with Crippen LogP contribution in [0.1, 0.15) is 40.0 Å². The topological polar surface area (TPSA) is 49.9 Å². The summed E-state index contributed by atoms with van der Waals surface area (Å²) in [6, 6.07) is 0. The summed E-state index contributed by atoms with van der Waals surface area (Å²) in [5, 5.41) is 0. The summed E-state index contributed by atoms with van der Waals surface area (Å²) in [5.41, 5.74) is -0.526. The predicted octanol–water partition coefficient (Wildman–Crippen LogP) is 2.20. The molecule has 0 spiro atoms. The number of alkyl halides is 1. The summed E-state index contributed by atoms with van der Waals surface area (Å²) < 4.78 is 18.4. The van der Waals surface area contributed by atoms with Crippen LogP contribution < -0.4 is 0 Å². The van der Waals surface area contributed by atoms with Gasteiger partial charge in [-0.05, 0) is 40.0 Å². The number of likely N-dealkylation sites (tertiary alicyclic amines) is 2. The number of carbonyl (C=O) groups excluding carboxylic acids is 2. The lowest BCUT2D eigenvalue weighted by Crippen LogP contribution is -2.43. The van der Waals surface area contributed by atoms with Crippen LogP contribution in [0.15, 0.2) is 0 Å². The van der Waals surface area contributed by atoms with E-state index in [0.717, 1.165) is 0 Å². The Labute approximate surface area is 125 Å². The average molecular weight is 300 g/mol. The fraction of sp³-hybridized carbons (Fsp3) is 0.867. The van der Waals surface area contributed by atoms with Gasteiger partial charge in [-0.3, -0.25) is 4.79 Å². The Hall–Kier alpha value is -1.33. The van der Waals surface area contributed by atoms with Crippen LogP contribution in [-0.4, -0.2) is 59.8 Å². The van der Waals surface area contributed by atoms with Gasteiger partial charge in [0, 0.05) is 26.2 Å². The maximum absolute atomic E-state index is 13.1. The summed E-state index contributed by atoms with van der Waals surface area (Å²) >= 11 is 0. The number of nitrogens with zero attached hydrogens (tertiary/aromatic N) is 2. The number of carbonyl (C=O) groups is 2. The van der Waals surface area contributed by atoms with Crippen molar-refractivity contribution < 1.29 is 18.7 Å². The van der Waals surface area contributed by atoms with E-state index in [9.17, 15) is 14.0 Å². The van der Waals surface area contributed by atoms with Crippen molar-refractivity contribution in [2.45, 2.75) is 51.8 Å². The fourth-order valence-corrected chi connectivity index (χ4v) is 2.78. The number of halogens is 1. The van der Waals surface area contributed by atoms with Gasteiger partial charge in [-0.1, -0.05) is 0 Å². The Kier molecular flexibility index (Phi) is 4.74. The molecule has 0 aromatic rings. The highest BCUT2D eigenvalue weighted by atomic mass is 19.1. The molecule has 0 aromatic heterocycles. The molecule has 0 aliphatic carbocycles. The minimum absolute atomic E-state index is 0.0490. The molecule has 2 aliphatic heterocycles. The van der Waals surface area contributed by atoms with Gasteiger partial charge < -0.3 is 14.5 Å². The van der Waals surface area contributed by atoms with E-state index in [0.29, 0.717) is 45.4 Å². The molecule has 6 heteroatoms. The molecular formula is C15H25FN2O3. The van der Waals surface area contributed by atoms with Crippen LogP contribution >= 0.6 is 0 Å². The highest BCUT2D eigenvalue weighted by Crippen LogP contribution is 2.23. The molecule has 0 saturated carbocycles. The average Bonchev–Trinajstić information content (AvgIpc) is 2.86. The van der Waals surface area contributed by atoms with E-state index in [1.165, 1.54) is 0 Å². The van der Waals surface area contributed by atoms with Crippen molar-refractivity contribution in [1.29, 1.82) is 0 Å². The zero-order valence-electron chi connectivity index (χ0n) is 13.1. The minimum Gasteiger partial charge on any atom is -0.444 e. The van der Waals surface area contributed by atoms with Crippen LogP contribution in [0.3, 0.4) is 0 Å². The van der Waals surface area contributed by atoms with E-state index in [-0.39, 0.29) is 17.9 Å². The molecule has 0 unspecified atom stereocenters. The molecule has 0 N–H and O–H groups in total. The molecule has 2 fully saturated rings. The summed E-state index contributed by atoms with van der Waals surface area (Å²) in [4.78, 5) is 27.7. The Bertz CT molecular complexity index is 400. The Balaban J connectivity index is 1.84. The molecule has 1 atom stereocenters. The lowest BCUT2D eigenvalue weighted by molar-refractivity contribution is -0.136. The van der Waals surface area contributed by atoms with Gasteiger partial charge in [0.1, 0.15) is 11.8 Å². The molecule has 21 heavy (non-hydrogen) atoms. The second-order valence-electron chi connectivity index (χ2n) is 6.91. The minimum atomic E-state index is -0.782. The van der Waals surface area contributed by atoms with Crippen LogP contribution in [0.4, 0.5) is 9.18 Å². The first kappa shape index (κ1) is 16.0. The Morgan fingerprint density at radius 3 is 2.19 bits per heavy atom. The third-order valence-corrected chi connectivity index (χ3v) is 3.93. The Morgan fingerprint density at radius 2 is 1.62 bits per heavy atom. The van der Waals surface area contributed by atoms with Crippen LogP contribution in [-0.2, 0) is 9.53 Å². The number of rotatable bonds is 1. The molecule has 0 aromatic carbocycles. The van der Waals surface area contributed by atoms with Gasteiger partial charge in [-0.25, -0.2) is 9.18 Å². The van der Waals surface area contributed by atoms with Crippen LogP contribution in [0.5, 0.6) is 0 Å². The molecule has 2 aliphatic rings. The fourth-order valence-electron chi connectivity index (χ4n) is 2.78. The van der Waals surface area contributed by atoms with Crippen molar-refractivity contribution in [2.24, 2.45) is 5.92 Å². The molecule has 2 heterocycles. The van der Waals surface area contributed by atoms with Gasteiger partial charge >= 0.3 is 6.09 Å². The largest absolute Gasteiger partial charge is 0.444 e. The number of hydrogen-bond acceptors (Lipinski definition) is 3. The van der Waals surface area contributed by atoms with Gasteiger partial charge in [-0.2, -0.15) is 0 Å². The third kappa shape index (κ3) is 4.32. The SMILES string of the molecule is CC(C)(C)OC(=O)N1CC[C@H](C(=O)N2CCC(F)CC2)C1. The number of ether oxygens (including phenoxy) is 1. The third-order valence-electron chi connectivity index (χ3n) is 3.93. The first-order valence-electron chi connectivity index (χ1n) is 7.67. The number of hydrogen-bond donors (Lipinski definition) is 0. The van der Waals surface area contributed by atoms with E-state index in [2.05, 4.69) is 0 Å². The van der Waals surface area contributed by atoms with Crippen molar-refractivity contribution in [2.75, 3.05) is 26.2 Å². The second-order valence-corrected chi connectivity index (χ2v) is 6.91. The molecule has 2 saturated heterocycles. The lowest BCUT2D eigenvalue weighted by Gasteiger charge is -2.30. The maximum atomic E-state index is 13.1. The van der Waals surface area contributed by atoms with Crippen molar-refractivity contribution >= 4 is 12.0 Å². The standard InChI is InChI=1S/C15H25FN2O3/c1-15(2,3)21-14(20)18-7-4-11(10-18)13(19)17-8-5-12(16)6-9-17/h11-12H,4-10H2,1-3H3/t11-/m0/s1. The summed E-state index contributed by atoms with van der Waals surface area (Å²) in [6.07, 6.45) is 0.368. The van der Waals surface area contributed by atoms with Gasteiger partial charge in [0.15, 0.2) is 0 Å². The first-order valence-corrected chi connectivity index (χ1v) is 7.67. The maximum Gasteiger partial charge on any atom is 0.410 e. The molecular weight excluding hydrogens is 275 g/mol. The van der Waals surface area contributed by atoms with E-state index in [1.807, 2.05) is 20.8 Å². The molecule has 2 rings (SSSR count). The normalized spacial score (nSPS) is 24.3. The van der Waals surface area contributed by atoms with Crippen molar-refractivity contribution in [3.8, 4) is 0 Å². The van der Waals surface area contributed by atoms with Gasteiger partial charge in [0.05, 0.1) is 5.92 Å². The highest BCUT2D eigenvalue weighted by Gasteiger charge is 2.36. The van der Waals surface area contributed by atoms with Crippen molar-refractivity contribution in [1.82, 2.24) is 9.80 Å². The van der Waals surface area contributed by atoms with E-state index >= 15 is 0 Å². The van der Waals surface area contributed by atoms with E-state index < -0.39 is 11.8 Å². The predicted molar refractivity (Wildman–Crippen MR) is 76.6 cm³/mol. The van der Waals surface area contributed by atoms with Crippen LogP contribution in [0, 0.1) is 5.92 Å². The number of piperidine rings is 1. The highest BCUT2D eigenvalue weighted by molar-refractivity contribution is 5.80. The molecule has 2 amide bonds. The van der Waals surface area contributed by atoms with Crippen molar-refractivity contribution in [3.05, 3.63) is 0 Å². The van der Waals surface area contributed by atoms with Gasteiger partial charge in [0.25, 0.3) is 0 Å². The summed E-state index contributed by atoms with van der Waals surface area (Å²) in [6.45, 7) is 7.40. The first-order chi connectivity index (χ1) is 9.76. The molecule has 120 valence electrons. The molecule has 0 bridgehead atoms. The van der Waals surface area contributed by atoms with Crippen LogP contribution in [0.2, 0.25) is 0 Å². The second kappa shape index (κ2) is 6.20.